The van der Waals surface area contributed by atoms with Crippen molar-refractivity contribution in [2.75, 3.05) is 6.54 Å². The molecule has 1 saturated heterocycles. The molecule has 0 radical (unpaired) electrons. The lowest BCUT2D eigenvalue weighted by Crippen LogP contribution is -2.40. The third-order valence-electron chi connectivity index (χ3n) is 2.49. The van der Waals surface area contributed by atoms with Gasteiger partial charge in [-0.1, -0.05) is 26.0 Å². The third kappa shape index (κ3) is 2.41. The van der Waals surface area contributed by atoms with E-state index in [-0.39, 0.29) is 5.24 Å². The van der Waals surface area contributed by atoms with Crippen LogP contribution in [0, 0.1) is 0 Å². The standard InChI is InChI=1S/C9H17NOS/c1-2-5-8-6-3-4-7-10(8)9(11)12/h8H,2-7H2,1H3,(H,11,12). The normalized spacial score (nSPS) is 24.2. The van der Waals surface area contributed by atoms with Gasteiger partial charge in [0, 0.05) is 12.6 Å². The maximum absolute atomic E-state index is 11.1. The van der Waals surface area contributed by atoms with Gasteiger partial charge in [0.1, 0.15) is 0 Å². The van der Waals surface area contributed by atoms with E-state index >= 15 is 0 Å². The summed E-state index contributed by atoms with van der Waals surface area (Å²) in [5.74, 6) is 0. The Morgan fingerprint density at radius 3 is 2.92 bits per heavy atom. The molecule has 0 spiro atoms. The molecule has 0 N–H and O–H groups in total. The molecule has 0 aromatic heterocycles. The molecule has 1 atom stereocenters. The summed E-state index contributed by atoms with van der Waals surface area (Å²) >= 11 is 3.88. The summed E-state index contributed by atoms with van der Waals surface area (Å²) in [6.45, 7) is 3.07. The van der Waals surface area contributed by atoms with Crippen LogP contribution < -0.4 is 0 Å². The van der Waals surface area contributed by atoms with Crippen LogP contribution in [0.4, 0.5) is 4.79 Å². The number of carbonyl (C=O) groups excluding carboxylic acids is 1. The molecule has 1 unspecified atom stereocenters. The van der Waals surface area contributed by atoms with Crippen LogP contribution in [-0.2, 0) is 0 Å². The van der Waals surface area contributed by atoms with Crippen molar-refractivity contribution < 1.29 is 4.79 Å². The third-order valence-corrected chi connectivity index (χ3v) is 2.75. The van der Waals surface area contributed by atoms with Gasteiger partial charge in [0.25, 0.3) is 5.24 Å². The molecule has 3 heteroatoms. The van der Waals surface area contributed by atoms with E-state index < -0.39 is 0 Å². The van der Waals surface area contributed by atoms with Crippen LogP contribution in [0.25, 0.3) is 0 Å². The average molecular weight is 187 g/mol. The Morgan fingerprint density at radius 1 is 1.58 bits per heavy atom. The first-order chi connectivity index (χ1) is 5.75. The first kappa shape index (κ1) is 9.90. The number of hydrogen-bond acceptors (Lipinski definition) is 1. The molecule has 0 aliphatic carbocycles. The molecule has 0 aromatic rings. The van der Waals surface area contributed by atoms with Crippen molar-refractivity contribution in [2.45, 2.75) is 45.1 Å². The quantitative estimate of drug-likeness (QED) is 0.659. The number of amides is 1. The molecule has 1 rings (SSSR count). The van der Waals surface area contributed by atoms with Crippen molar-refractivity contribution in [3.63, 3.8) is 0 Å². The topological polar surface area (TPSA) is 20.3 Å². The summed E-state index contributed by atoms with van der Waals surface area (Å²) in [6.07, 6.45) is 5.86. The van der Waals surface area contributed by atoms with Gasteiger partial charge in [-0.15, -0.1) is 0 Å². The lowest BCUT2D eigenvalue weighted by Gasteiger charge is -2.34. The van der Waals surface area contributed by atoms with Crippen molar-refractivity contribution in [1.82, 2.24) is 4.90 Å². The average Bonchev–Trinajstić information content (AvgIpc) is 2.05. The van der Waals surface area contributed by atoms with Crippen molar-refractivity contribution >= 4 is 17.9 Å². The van der Waals surface area contributed by atoms with Gasteiger partial charge < -0.3 is 4.90 Å². The Balaban J connectivity index is 2.48. The number of carbonyl (C=O) groups is 1. The van der Waals surface area contributed by atoms with Crippen molar-refractivity contribution in [3.05, 3.63) is 0 Å². The lowest BCUT2D eigenvalue weighted by atomic mass is 9.99. The summed E-state index contributed by atoms with van der Waals surface area (Å²) in [5.41, 5.74) is 0. The predicted octanol–water partition coefficient (Wildman–Crippen LogP) is 2.69. The van der Waals surface area contributed by atoms with E-state index in [9.17, 15) is 4.79 Å². The molecule has 1 amide bonds. The van der Waals surface area contributed by atoms with E-state index in [0.717, 1.165) is 25.8 Å². The zero-order valence-corrected chi connectivity index (χ0v) is 8.52. The van der Waals surface area contributed by atoms with Crippen LogP contribution in [0.1, 0.15) is 39.0 Å². The predicted molar refractivity (Wildman–Crippen MR) is 53.6 cm³/mol. The van der Waals surface area contributed by atoms with Crippen molar-refractivity contribution in [3.8, 4) is 0 Å². The lowest BCUT2D eigenvalue weighted by molar-refractivity contribution is 0.168. The Hall–Kier alpha value is -0.180. The number of nitrogens with zero attached hydrogens (tertiary/aromatic N) is 1. The Labute approximate surface area is 79.7 Å². The van der Waals surface area contributed by atoms with E-state index in [4.69, 9.17) is 0 Å². The van der Waals surface area contributed by atoms with E-state index in [1.54, 1.807) is 0 Å². The van der Waals surface area contributed by atoms with Crippen LogP contribution in [0.2, 0.25) is 0 Å². The highest BCUT2D eigenvalue weighted by Crippen LogP contribution is 2.21. The van der Waals surface area contributed by atoms with Gasteiger partial charge in [0.2, 0.25) is 0 Å². The summed E-state index contributed by atoms with van der Waals surface area (Å²) in [6, 6.07) is 0.466. The second-order valence-electron chi connectivity index (χ2n) is 3.41. The first-order valence-corrected chi connectivity index (χ1v) is 5.20. The molecule has 2 nitrogen and oxygen atoms in total. The molecule has 12 heavy (non-hydrogen) atoms. The second kappa shape index (κ2) is 4.75. The fourth-order valence-corrected chi connectivity index (χ4v) is 2.15. The van der Waals surface area contributed by atoms with Crippen LogP contribution in [0.5, 0.6) is 0 Å². The highest BCUT2D eigenvalue weighted by molar-refractivity contribution is 7.96. The van der Waals surface area contributed by atoms with Gasteiger partial charge >= 0.3 is 0 Å². The Bertz CT molecular complexity index is 159. The highest BCUT2D eigenvalue weighted by Gasteiger charge is 2.23. The smallest absolute Gasteiger partial charge is 0.278 e. The van der Waals surface area contributed by atoms with Gasteiger partial charge in [-0.05, 0) is 25.7 Å². The number of hydrogen-bond donors (Lipinski definition) is 1. The molecule has 1 heterocycles. The first-order valence-electron chi connectivity index (χ1n) is 4.75. The molecular formula is C9H17NOS. The minimum Gasteiger partial charge on any atom is -0.331 e. The Kier molecular flexibility index (Phi) is 3.92. The van der Waals surface area contributed by atoms with Crippen molar-refractivity contribution in [2.24, 2.45) is 0 Å². The minimum absolute atomic E-state index is 0.0480. The molecule has 0 saturated carbocycles. The minimum atomic E-state index is -0.0480. The van der Waals surface area contributed by atoms with Gasteiger partial charge in [-0.2, -0.15) is 0 Å². The van der Waals surface area contributed by atoms with Crippen LogP contribution in [0.15, 0.2) is 0 Å². The molecular weight excluding hydrogens is 170 g/mol. The van der Waals surface area contributed by atoms with Gasteiger partial charge in [-0.25, -0.2) is 0 Å². The Morgan fingerprint density at radius 2 is 2.33 bits per heavy atom. The number of rotatable bonds is 2. The number of thiol groups is 1. The summed E-state index contributed by atoms with van der Waals surface area (Å²) in [4.78, 5) is 13.0. The monoisotopic (exact) mass is 187 g/mol. The number of likely N-dealkylation sites (tertiary alicyclic amines) is 1. The largest absolute Gasteiger partial charge is 0.331 e. The zero-order chi connectivity index (χ0) is 8.97. The SMILES string of the molecule is CCCC1CCCCN1C(=O)S. The second-order valence-corrected chi connectivity index (χ2v) is 3.80. The maximum Gasteiger partial charge on any atom is 0.278 e. The van der Waals surface area contributed by atoms with Crippen LogP contribution in [-0.4, -0.2) is 22.7 Å². The highest BCUT2D eigenvalue weighted by atomic mass is 32.1. The fraction of sp³-hybridized carbons (Fsp3) is 0.889. The maximum atomic E-state index is 11.1. The van der Waals surface area contributed by atoms with Gasteiger partial charge in [-0.3, -0.25) is 4.79 Å². The molecule has 1 fully saturated rings. The number of piperidine rings is 1. The molecule has 1 aliphatic rings. The van der Waals surface area contributed by atoms with Crippen molar-refractivity contribution in [1.29, 1.82) is 0 Å². The van der Waals surface area contributed by atoms with Gasteiger partial charge in [0.05, 0.1) is 0 Å². The molecule has 0 bridgehead atoms. The zero-order valence-electron chi connectivity index (χ0n) is 7.62. The van der Waals surface area contributed by atoms with E-state index in [2.05, 4.69) is 19.6 Å². The summed E-state index contributed by atoms with van der Waals surface area (Å²) in [5, 5.41) is -0.0480. The van der Waals surface area contributed by atoms with Crippen LogP contribution in [0.3, 0.4) is 0 Å². The van der Waals surface area contributed by atoms with E-state index in [1.165, 1.54) is 12.8 Å². The fourth-order valence-electron chi connectivity index (χ4n) is 1.89. The van der Waals surface area contributed by atoms with E-state index in [0.29, 0.717) is 6.04 Å². The summed E-state index contributed by atoms with van der Waals surface area (Å²) in [7, 11) is 0. The molecule has 0 aromatic carbocycles. The molecule has 70 valence electrons. The van der Waals surface area contributed by atoms with E-state index in [1.807, 2.05) is 4.90 Å². The summed E-state index contributed by atoms with van der Waals surface area (Å²) < 4.78 is 0. The van der Waals surface area contributed by atoms with Gasteiger partial charge in [0.15, 0.2) is 0 Å². The van der Waals surface area contributed by atoms with Crippen LogP contribution >= 0.6 is 12.6 Å². The molecule has 1 aliphatic heterocycles.